The van der Waals surface area contributed by atoms with E-state index in [1.807, 2.05) is 6.07 Å². The second kappa shape index (κ2) is 8.36. The number of halogens is 1. The summed E-state index contributed by atoms with van der Waals surface area (Å²) in [6, 6.07) is 8.19. The molecule has 6 heteroatoms. The number of ether oxygens (including phenoxy) is 1. The molecule has 0 saturated carbocycles. The van der Waals surface area contributed by atoms with Crippen molar-refractivity contribution >= 4 is 27.7 Å². The summed E-state index contributed by atoms with van der Waals surface area (Å²) in [4.78, 5) is 9.37. The Balaban J connectivity index is 2.07. The fourth-order valence-corrected chi connectivity index (χ4v) is 3.04. The van der Waals surface area contributed by atoms with Crippen LogP contribution in [-0.4, -0.2) is 30.2 Å². The standard InChI is InChI=1S/C14H16BrN3OS/c1-19-7-6-16-9-11-2-3-12(15)8-13(11)20-14-4-5-17-10-18-14/h2-5,8,10,16H,6-7,9H2,1H3. The molecule has 1 aromatic carbocycles. The molecule has 1 N–H and O–H groups in total. The first-order valence-corrected chi connectivity index (χ1v) is 7.82. The van der Waals surface area contributed by atoms with E-state index in [1.54, 1.807) is 31.4 Å². The van der Waals surface area contributed by atoms with E-state index in [2.05, 4.69) is 49.4 Å². The molecular formula is C14H16BrN3OS. The monoisotopic (exact) mass is 353 g/mol. The highest BCUT2D eigenvalue weighted by Gasteiger charge is 2.06. The van der Waals surface area contributed by atoms with E-state index in [-0.39, 0.29) is 0 Å². The van der Waals surface area contributed by atoms with Crippen molar-refractivity contribution in [1.29, 1.82) is 0 Å². The van der Waals surface area contributed by atoms with Crippen molar-refractivity contribution < 1.29 is 4.74 Å². The lowest BCUT2D eigenvalue weighted by molar-refractivity contribution is 0.199. The Kier molecular flexibility index (Phi) is 6.46. The average Bonchev–Trinajstić information content (AvgIpc) is 2.47. The predicted molar refractivity (Wildman–Crippen MR) is 83.9 cm³/mol. The maximum atomic E-state index is 5.03. The van der Waals surface area contributed by atoms with E-state index in [4.69, 9.17) is 4.74 Å². The fourth-order valence-electron chi connectivity index (χ4n) is 1.62. The lowest BCUT2D eigenvalue weighted by Gasteiger charge is -2.10. The fraction of sp³-hybridized carbons (Fsp3) is 0.286. The number of rotatable bonds is 7. The van der Waals surface area contributed by atoms with Crippen molar-refractivity contribution in [2.75, 3.05) is 20.3 Å². The Labute approximate surface area is 131 Å². The SMILES string of the molecule is COCCNCc1ccc(Br)cc1Sc1ccncn1. The van der Waals surface area contributed by atoms with Gasteiger partial charge in [0.2, 0.25) is 0 Å². The van der Waals surface area contributed by atoms with E-state index < -0.39 is 0 Å². The Bertz CT molecular complexity index is 539. The van der Waals surface area contributed by atoms with Gasteiger partial charge in [-0.05, 0) is 23.8 Å². The van der Waals surface area contributed by atoms with Gasteiger partial charge in [-0.3, -0.25) is 0 Å². The third-order valence-corrected chi connectivity index (χ3v) is 4.14. The molecule has 0 amide bonds. The number of hydrogen-bond donors (Lipinski definition) is 1. The van der Waals surface area contributed by atoms with Crippen LogP contribution in [0.15, 0.2) is 51.2 Å². The number of nitrogens with zero attached hydrogens (tertiary/aromatic N) is 2. The molecule has 106 valence electrons. The van der Waals surface area contributed by atoms with Crippen LogP contribution >= 0.6 is 27.7 Å². The highest BCUT2D eigenvalue weighted by molar-refractivity contribution is 9.10. The van der Waals surface area contributed by atoms with Gasteiger partial charge in [0.15, 0.2) is 0 Å². The maximum Gasteiger partial charge on any atom is 0.116 e. The van der Waals surface area contributed by atoms with Crippen LogP contribution in [0.5, 0.6) is 0 Å². The van der Waals surface area contributed by atoms with Crippen molar-refractivity contribution in [2.24, 2.45) is 0 Å². The summed E-state index contributed by atoms with van der Waals surface area (Å²) < 4.78 is 6.10. The van der Waals surface area contributed by atoms with Crippen LogP contribution in [0.3, 0.4) is 0 Å². The molecule has 0 bridgehead atoms. The molecule has 1 heterocycles. The van der Waals surface area contributed by atoms with Gasteiger partial charge in [0.05, 0.1) is 6.61 Å². The normalized spacial score (nSPS) is 10.7. The second-order valence-corrected chi connectivity index (χ2v) is 6.05. The lowest BCUT2D eigenvalue weighted by atomic mass is 10.2. The number of nitrogens with one attached hydrogen (secondary N) is 1. The third kappa shape index (κ3) is 4.86. The topological polar surface area (TPSA) is 47.0 Å². The zero-order valence-corrected chi connectivity index (χ0v) is 13.6. The van der Waals surface area contributed by atoms with Crippen molar-refractivity contribution in [3.05, 3.63) is 46.8 Å². The van der Waals surface area contributed by atoms with Crippen LogP contribution in [-0.2, 0) is 11.3 Å². The molecule has 20 heavy (non-hydrogen) atoms. The molecule has 1 aromatic heterocycles. The number of methoxy groups -OCH3 is 1. The highest BCUT2D eigenvalue weighted by Crippen LogP contribution is 2.31. The van der Waals surface area contributed by atoms with E-state index >= 15 is 0 Å². The van der Waals surface area contributed by atoms with Crippen LogP contribution in [0, 0.1) is 0 Å². The molecular weight excluding hydrogens is 338 g/mol. The van der Waals surface area contributed by atoms with Gasteiger partial charge in [0.1, 0.15) is 11.4 Å². The van der Waals surface area contributed by atoms with Crippen LogP contribution < -0.4 is 5.32 Å². The minimum atomic E-state index is 0.713. The zero-order valence-electron chi connectivity index (χ0n) is 11.2. The quantitative estimate of drug-likeness (QED) is 0.612. The van der Waals surface area contributed by atoms with E-state index in [1.165, 1.54) is 10.5 Å². The third-order valence-electron chi connectivity index (χ3n) is 2.60. The largest absolute Gasteiger partial charge is 0.383 e. The summed E-state index contributed by atoms with van der Waals surface area (Å²) in [6.45, 7) is 2.36. The van der Waals surface area contributed by atoms with Gasteiger partial charge in [0, 0.05) is 35.8 Å². The van der Waals surface area contributed by atoms with Crippen LogP contribution in [0.1, 0.15) is 5.56 Å². The molecule has 0 unspecified atom stereocenters. The van der Waals surface area contributed by atoms with Gasteiger partial charge in [-0.15, -0.1) is 0 Å². The molecule has 0 radical (unpaired) electrons. The molecule has 0 aliphatic carbocycles. The maximum absolute atomic E-state index is 5.03. The van der Waals surface area contributed by atoms with Gasteiger partial charge in [-0.1, -0.05) is 33.8 Å². The van der Waals surface area contributed by atoms with Crippen molar-refractivity contribution in [1.82, 2.24) is 15.3 Å². The summed E-state index contributed by atoms with van der Waals surface area (Å²) in [6.07, 6.45) is 3.32. The van der Waals surface area contributed by atoms with Gasteiger partial charge in [-0.2, -0.15) is 0 Å². The Morgan fingerprint density at radius 2 is 2.25 bits per heavy atom. The van der Waals surface area contributed by atoms with E-state index in [0.717, 1.165) is 22.6 Å². The summed E-state index contributed by atoms with van der Waals surface area (Å²) in [5.74, 6) is 0. The van der Waals surface area contributed by atoms with Crippen molar-refractivity contribution in [2.45, 2.75) is 16.5 Å². The first kappa shape index (κ1) is 15.4. The Morgan fingerprint density at radius 1 is 1.35 bits per heavy atom. The summed E-state index contributed by atoms with van der Waals surface area (Å²) in [5.41, 5.74) is 1.24. The van der Waals surface area contributed by atoms with Crippen LogP contribution in [0.4, 0.5) is 0 Å². The minimum absolute atomic E-state index is 0.713. The smallest absolute Gasteiger partial charge is 0.116 e. The van der Waals surface area contributed by atoms with Gasteiger partial charge in [-0.25, -0.2) is 9.97 Å². The van der Waals surface area contributed by atoms with Crippen LogP contribution in [0.25, 0.3) is 0 Å². The predicted octanol–water partition coefficient (Wildman–Crippen LogP) is 3.13. The molecule has 0 spiro atoms. The zero-order chi connectivity index (χ0) is 14.2. The molecule has 0 fully saturated rings. The highest BCUT2D eigenvalue weighted by atomic mass is 79.9. The van der Waals surface area contributed by atoms with Crippen molar-refractivity contribution in [3.63, 3.8) is 0 Å². The average molecular weight is 354 g/mol. The van der Waals surface area contributed by atoms with Gasteiger partial charge < -0.3 is 10.1 Å². The first-order chi connectivity index (χ1) is 9.79. The lowest BCUT2D eigenvalue weighted by Crippen LogP contribution is -2.18. The van der Waals surface area contributed by atoms with Gasteiger partial charge >= 0.3 is 0 Å². The number of hydrogen-bond acceptors (Lipinski definition) is 5. The molecule has 4 nitrogen and oxygen atoms in total. The van der Waals surface area contributed by atoms with Crippen molar-refractivity contribution in [3.8, 4) is 0 Å². The van der Waals surface area contributed by atoms with Crippen LogP contribution in [0.2, 0.25) is 0 Å². The number of benzene rings is 1. The Morgan fingerprint density at radius 3 is 3.00 bits per heavy atom. The molecule has 2 rings (SSSR count). The van der Waals surface area contributed by atoms with E-state index in [0.29, 0.717) is 6.61 Å². The molecule has 2 aromatic rings. The molecule has 0 aliphatic rings. The molecule has 0 saturated heterocycles. The molecule has 0 aliphatic heterocycles. The first-order valence-electron chi connectivity index (χ1n) is 6.21. The van der Waals surface area contributed by atoms with Gasteiger partial charge in [0.25, 0.3) is 0 Å². The van der Waals surface area contributed by atoms with E-state index in [9.17, 15) is 0 Å². The minimum Gasteiger partial charge on any atom is -0.383 e. The molecule has 0 atom stereocenters. The summed E-state index contributed by atoms with van der Waals surface area (Å²) in [7, 11) is 1.71. The number of aromatic nitrogens is 2. The summed E-state index contributed by atoms with van der Waals surface area (Å²) in [5, 5.41) is 4.30. The Hall–Kier alpha value is -0.950. The second-order valence-electron chi connectivity index (χ2n) is 4.07. The summed E-state index contributed by atoms with van der Waals surface area (Å²) >= 11 is 5.16.